The molecule has 1 aromatic carbocycles. The van der Waals surface area contributed by atoms with E-state index >= 15 is 0 Å². The van der Waals surface area contributed by atoms with Gasteiger partial charge in [-0.2, -0.15) is 4.99 Å². The van der Waals surface area contributed by atoms with Crippen LogP contribution in [0, 0.1) is 5.92 Å². The maximum absolute atomic E-state index is 6.14. The normalized spacial score (nSPS) is 20.4. The van der Waals surface area contributed by atoms with Crippen LogP contribution in [0.3, 0.4) is 0 Å². The highest BCUT2D eigenvalue weighted by Gasteiger charge is 2.28. The van der Waals surface area contributed by atoms with E-state index in [4.69, 9.17) is 21.5 Å². The summed E-state index contributed by atoms with van der Waals surface area (Å²) in [6.45, 7) is 16.2. The summed E-state index contributed by atoms with van der Waals surface area (Å²) >= 11 is 0. The molecule has 0 aliphatic carbocycles. The Morgan fingerprint density at radius 2 is 1.92 bits per heavy atom. The maximum atomic E-state index is 6.14. The van der Waals surface area contributed by atoms with Crippen molar-refractivity contribution in [3.8, 4) is 0 Å². The van der Waals surface area contributed by atoms with Gasteiger partial charge in [0.15, 0.2) is 0 Å². The SMILES string of the molecule is C=C/C(N)=C(\C)C=Nc1ccccc1CN=C1N=C(N2CCC(N)CC2)N/C(=C(/C=C)C(C)C)N1C. The Hall–Kier alpha value is -3.65. The van der Waals surface area contributed by atoms with E-state index in [-0.39, 0.29) is 12.0 Å². The van der Waals surface area contributed by atoms with Crippen LogP contribution in [0.1, 0.15) is 39.2 Å². The standard InChI is InChI=1S/C28H40N8/c1-7-23(19(3)4)26-33-28(36-15-13-22(29)14-16-36)34-27(35(26)6)32-18-21-11-9-10-12-25(21)31-17-20(5)24(30)8-2/h7-12,17,19,22H,1-2,13-16,18,29-30H2,3-6H3,(H,32,33,34)/b24-20-,26-23+,31-17?. The van der Waals surface area contributed by atoms with Gasteiger partial charge in [-0.3, -0.25) is 9.89 Å². The number of hydrogen-bond donors (Lipinski definition) is 3. The minimum Gasteiger partial charge on any atom is -0.398 e. The Bertz CT molecular complexity index is 1110. The lowest BCUT2D eigenvalue weighted by Gasteiger charge is -2.38. The van der Waals surface area contributed by atoms with E-state index in [0.717, 1.165) is 60.1 Å². The largest absolute Gasteiger partial charge is 0.398 e. The van der Waals surface area contributed by atoms with E-state index in [2.05, 4.69) is 42.2 Å². The van der Waals surface area contributed by atoms with Crippen LogP contribution < -0.4 is 16.8 Å². The Kier molecular flexibility index (Phi) is 9.25. The summed E-state index contributed by atoms with van der Waals surface area (Å²) in [6, 6.07) is 8.21. The molecule has 0 unspecified atom stereocenters. The van der Waals surface area contributed by atoms with Crippen molar-refractivity contribution in [1.29, 1.82) is 0 Å². The first-order chi connectivity index (χ1) is 17.2. The first-order valence-electron chi connectivity index (χ1n) is 12.5. The zero-order valence-corrected chi connectivity index (χ0v) is 22.0. The summed E-state index contributed by atoms with van der Waals surface area (Å²) in [5, 5.41) is 3.55. The fourth-order valence-electron chi connectivity index (χ4n) is 4.09. The molecule has 8 heteroatoms. The third kappa shape index (κ3) is 6.51. The van der Waals surface area contributed by atoms with Gasteiger partial charge in [0.1, 0.15) is 5.82 Å². The molecule has 8 nitrogen and oxygen atoms in total. The lowest BCUT2D eigenvalue weighted by Crippen LogP contribution is -2.53. The lowest BCUT2D eigenvalue weighted by molar-refractivity contribution is 0.303. The van der Waals surface area contributed by atoms with Crippen LogP contribution in [0.2, 0.25) is 0 Å². The van der Waals surface area contributed by atoms with Crippen molar-refractivity contribution in [2.24, 2.45) is 32.4 Å². The highest BCUT2D eigenvalue weighted by atomic mass is 15.4. The highest BCUT2D eigenvalue weighted by Crippen LogP contribution is 2.23. The summed E-state index contributed by atoms with van der Waals surface area (Å²) < 4.78 is 0. The topological polar surface area (TPSA) is 108 Å². The molecule has 1 aromatic rings. The van der Waals surface area contributed by atoms with E-state index < -0.39 is 0 Å². The number of nitrogens with zero attached hydrogens (tertiary/aromatic N) is 5. The van der Waals surface area contributed by atoms with E-state index in [1.54, 1.807) is 12.3 Å². The number of piperidine rings is 1. The predicted molar refractivity (Wildman–Crippen MR) is 152 cm³/mol. The molecule has 0 spiro atoms. The van der Waals surface area contributed by atoms with Crippen molar-refractivity contribution in [2.45, 2.75) is 46.2 Å². The summed E-state index contributed by atoms with van der Waals surface area (Å²) in [7, 11) is 1.98. The quantitative estimate of drug-likeness (QED) is 0.397. The molecule has 2 aliphatic heterocycles. The average molecular weight is 489 g/mol. The van der Waals surface area contributed by atoms with E-state index in [9.17, 15) is 0 Å². The lowest BCUT2D eigenvalue weighted by atomic mass is 10.0. The molecular weight excluding hydrogens is 448 g/mol. The number of para-hydroxylation sites is 1. The van der Waals surface area contributed by atoms with Crippen LogP contribution >= 0.6 is 0 Å². The van der Waals surface area contributed by atoms with Crippen LogP contribution in [0.5, 0.6) is 0 Å². The molecule has 0 atom stereocenters. The molecule has 36 heavy (non-hydrogen) atoms. The van der Waals surface area contributed by atoms with Crippen molar-refractivity contribution in [2.75, 3.05) is 20.1 Å². The third-order valence-corrected chi connectivity index (χ3v) is 6.48. The van der Waals surface area contributed by atoms with Crippen LogP contribution in [0.4, 0.5) is 5.69 Å². The number of rotatable bonds is 7. The molecule has 1 fully saturated rings. The molecule has 5 N–H and O–H groups in total. The van der Waals surface area contributed by atoms with Gasteiger partial charge in [0.05, 0.1) is 12.2 Å². The summed E-state index contributed by atoms with van der Waals surface area (Å²) in [5.41, 5.74) is 16.5. The van der Waals surface area contributed by atoms with E-state index in [0.29, 0.717) is 18.2 Å². The van der Waals surface area contributed by atoms with Crippen molar-refractivity contribution in [1.82, 2.24) is 15.1 Å². The summed E-state index contributed by atoms with van der Waals surface area (Å²) in [6.07, 6.45) is 7.17. The van der Waals surface area contributed by atoms with Gasteiger partial charge in [0.2, 0.25) is 11.9 Å². The predicted octanol–water partition coefficient (Wildman–Crippen LogP) is 4.03. The minimum absolute atomic E-state index is 0.244. The Labute approximate surface area is 215 Å². The Morgan fingerprint density at radius 3 is 2.56 bits per heavy atom. The van der Waals surface area contributed by atoms with Crippen LogP contribution in [0.15, 0.2) is 87.2 Å². The van der Waals surface area contributed by atoms with E-state index in [1.807, 2.05) is 49.2 Å². The van der Waals surface area contributed by atoms with Crippen molar-refractivity contribution < 1.29 is 0 Å². The number of benzene rings is 1. The van der Waals surface area contributed by atoms with Gasteiger partial charge in [-0.25, -0.2) is 4.99 Å². The molecular formula is C28H40N8. The fraction of sp³-hybridized carbons (Fsp3) is 0.393. The Morgan fingerprint density at radius 1 is 1.22 bits per heavy atom. The smallest absolute Gasteiger partial charge is 0.229 e. The second kappa shape index (κ2) is 12.4. The fourth-order valence-corrected chi connectivity index (χ4v) is 4.09. The minimum atomic E-state index is 0.244. The molecule has 2 heterocycles. The number of guanidine groups is 2. The molecule has 192 valence electrons. The maximum Gasteiger partial charge on any atom is 0.229 e. The van der Waals surface area contributed by atoms with Crippen molar-refractivity contribution in [3.05, 3.63) is 77.8 Å². The van der Waals surface area contributed by atoms with Gasteiger partial charge >= 0.3 is 0 Å². The first kappa shape index (κ1) is 26.9. The van der Waals surface area contributed by atoms with Crippen LogP contribution in [-0.2, 0) is 6.54 Å². The van der Waals surface area contributed by atoms with Crippen molar-refractivity contribution >= 4 is 23.8 Å². The number of aliphatic imine (C=N–C) groups is 3. The highest BCUT2D eigenvalue weighted by molar-refractivity contribution is 5.99. The molecule has 0 radical (unpaired) electrons. The summed E-state index contributed by atoms with van der Waals surface area (Å²) in [5.74, 6) is 2.68. The van der Waals surface area contributed by atoms with E-state index in [1.165, 1.54) is 0 Å². The number of allylic oxidation sites excluding steroid dienone is 4. The molecule has 0 aromatic heterocycles. The number of nitrogens with two attached hydrogens (primary N) is 2. The van der Waals surface area contributed by atoms with Gasteiger partial charge in [0.25, 0.3) is 0 Å². The zero-order valence-electron chi connectivity index (χ0n) is 22.0. The van der Waals surface area contributed by atoms with Gasteiger partial charge in [0, 0.05) is 38.1 Å². The average Bonchev–Trinajstić information content (AvgIpc) is 2.88. The van der Waals surface area contributed by atoms with Crippen LogP contribution in [-0.4, -0.2) is 54.1 Å². The number of likely N-dealkylation sites (tertiary alicyclic amines) is 1. The number of hydrogen-bond acceptors (Lipinski definition) is 6. The molecule has 1 saturated heterocycles. The number of nitrogens with one attached hydrogen (secondary N) is 1. The molecule has 2 aliphatic rings. The molecule has 0 saturated carbocycles. The summed E-state index contributed by atoms with van der Waals surface area (Å²) in [4.78, 5) is 18.7. The van der Waals surface area contributed by atoms with Gasteiger partial charge in [-0.15, -0.1) is 0 Å². The van der Waals surface area contributed by atoms with Crippen LogP contribution in [0.25, 0.3) is 0 Å². The molecule has 0 amide bonds. The molecule has 0 bridgehead atoms. The van der Waals surface area contributed by atoms with Crippen molar-refractivity contribution in [3.63, 3.8) is 0 Å². The molecule has 3 rings (SSSR count). The Balaban J connectivity index is 1.97. The zero-order chi connectivity index (χ0) is 26.2. The van der Waals surface area contributed by atoms with Gasteiger partial charge in [-0.1, -0.05) is 51.3 Å². The second-order valence-corrected chi connectivity index (χ2v) is 9.45. The van der Waals surface area contributed by atoms with Gasteiger partial charge < -0.3 is 21.7 Å². The monoisotopic (exact) mass is 488 g/mol. The first-order valence-corrected chi connectivity index (χ1v) is 12.5. The van der Waals surface area contributed by atoms with Gasteiger partial charge in [-0.05, 0) is 54.5 Å². The third-order valence-electron chi connectivity index (χ3n) is 6.48. The second-order valence-electron chi connectivity index (χ2n) is 9.45.